The van der Waals surface area contributed by atoms with Gasteiger partial charge in [0.1, 0.15) is 18.9 Å². The Morgan fingerprint density at radius 2 is 2.19 bits per heavy atom. The van der Waals surface area contributed by atoms with Crippen molar-refractivity contribution in [2.45, 2.75) is 26.1 Å². The number of pyridine rings is 1. The van der Waals surface area contributed by atoms with E-state index in [2.05, 4.69) is 15.6 Å². The molecular formula is C13H17N6O2+. The lowest BCUT2D eigenvalue weighted by Gasteiger charge is -2.04. The van der Waals surface area contributed by atoms with Crippen LogP contribution in [0.4, 0.5) is 0 Å². The fraction of sp³-hybridized carbons (Fsp3) is 0.308. The summed E-state index contributed by atoms with van der Waals surface area (Å²) in [5.41, 5.74) is 2.60. The predicted octanol–water partition coefficient (Wildman–Crippen LogP) is 0.131. The van der Waals surface area contributed by atoms with Crippen molar-refractivity contribution in [2.24, 2.45) is 11.0 Å². The molecule has 21 heavy (non-hydrogen) atoms. The van der Waals surface area contributed by atoms with Crippen LogP contribution in [-0.2, 0) is 19.6 Å². The summed E-state index contributed by atoms with van der Waals surface area (Å²) in [4.78, 5) is 25.7. The van der Waals surface area contributed by atoms with Gasteiger partial charge in [-0.15, -0.1) is 0 Å². The molecule has 0 saturated carbocycles. The van der Waals surface area contributed by atoms with E-state index in [0.717, 1.165) is 19.5 Å². The zero-order valence-electron chi connectivity index (χ0n) is 11.5. The molecule has 0 aliphatic carbocycles. The highest BCUT2D eigenvalue weighted by atomic mass is 16.3. The van der Waals surface area contributed by atoms with Crippen molar-refractivity contribution in [2.75, 3.05) is 0 Å². The van der Waals surface area contributed by atoms with Gasteiger partial charge in [0.15, 0.2) is 12.4 Å². The quantitative estimate of drug-likeness (QED) is 0.248. The van der Waals surface area contributed by atoms with E-state index >= 15 is 0 Å². The molecule has 110 valence electrons. The van der Waals surface area contributed by atoms with Crippen LogP contribution < -0.4 is 15.8 Å². The Labute approximate surface area is 121 Å². The number of carbonyl (C=O) groups is 1. The molecule has 2 heterocycles. The Balaban J connectivity index is 1.87. The number of imidazole rings is 1. The van der Waals surface area contributed by atoms with Gasteiger partial charge in [-0.05, 0) is 0 Å². The number of nitrogen functional groups attached to an aromatic ring is 1. The number of nitrogens with one attached hydrogen (secondary N) is 1. The topological polar surface area (TPSA) is 106 Å². The van der Waals surface area contributed by atoms with Crippen LogP contribution in [0.15, 0.2) is 42.1 Å². The van der Waals surface area contributed by atoms with Crippen LogP contribution in [0.2, 0.25) is 0 Å². The van der Waals surface area contributed by atoms with Crippen LogP contribution >= 0.6 is 0 Å². The molecule has 0 unspecified atom stereocenters. The van der Waals surface area contributed by atoms with Gasteiger partial charge in [-0.25, -0.2) is 15.4 Å². The van der Waals surface area contributed by atoms with Gasteiger partial charge >= 0.3 is 0 Å². The molecule has 1 amide bonds. The molecule has 3 N–H and O–H groups in total. The Morgan fingerprint density at radius 3 is 2.86 bits per heavy atom. The molecule has 2 aromatic heterocycles. The van der Waals surface area contributed by atoms with E-state index in [1.807, 2.05) is 27.7 Å². The summed E-state index contributed by atoms with van der Waals surface area (Å²) in [6.07, 6.45) is 8.02. The molecule has 0 atom stereocenters. The van der Waals surface area contributed by atoms with E-state index < -0.39 is 0 Å². The lowest BCUT2D eigenvalue weighted by atomic mass is 10.2. The lowest BCUT2D eigenvalue weighted by Crippen LogP contribution is -2.35. The van der Waals surface area contributed by atoms with Crippen molar-refractivity contribution >= 4 is 5.91 Å². The van der Waals surface area contributed by atoms with Gasteiger partial charge in [-0.1, -0.05) is 5.18 Å². The predicted molar refractivity (Wildman–Crippen MR) is 74.6 cm³/mol. The zero-order valence-corrected chi connectivity index (χ0v) is 11.5. The van der Waals surface area contributed by atoms with Crippen LogP contribution in [0.25, 0.3) is 0 Å². The Hall–Kier alpha value is -2.61. The first-order valence-electron chi connectivity index (χ1n) is 6.53. The first-order valence-corrected chi connectivity index (χ1v) is 6.53. The number of hydrazine groups is 1. The molecule has 0 fully saturated rings. The first kappa shape index (κ1) is 14.8. The molecule has 0 radical (unpaired) electrons. The lowest BCUT2D eigenvalue weighted by molar-refractivity contribution is -0.697. The molecule has 0 spiro atoms. The van der Waals surface area contributed by atoms with Gasteiger partial charge in [-0.2, -0.15) is 4.91 Å². The summed E-state index contributed by atoms with van der Waals surface area (Å²) in [5, 5.41) is 2.85. The maximum absolute atomic E-state index is 11.3. The van der Waals surface area contributed by atoms with E-state index in [1.54, 1.807) is 18.3 Å². The van der Waals surface area contributed by atoms with Crippen LogP contribution in [0.3, 0.4) is 0 Å². The van der Waals surface area contributed by atoms with Crippen molar-refractivity contribution in [3.05, 3.63) is 53.2 Å². The minimum Gasteiger partial charge on any atom is -0.333 e. The molecule has 8 nitrogen and oxygen atoms in total. The second-order valence-corrected chi connectivity index (χ2v) is 4.48. The number of nitrogens with two attached hydrogens (primary N) is 1. The zero-order chi connectivity index (χ0) is 15.1. The fourth-order valence-corrected chi connectivity index (χ4v) is 2.02. The molecule has 2 rings (SSSR count). The summed E-state index contributed by atoms with van der Waals surface area (Å²) in [7, 11) is 0. The molecule has 0 aliphatic heterocycles. The van der Waals surface area contributed by atoms with Gasteiger partial charge < -0.3 is 4.57 Å². The van der Waals surface area contributed by atoms with E-state index in [4.69, 9.17) is 5.84 Å². The maximum Gasteiger partial charge on any atom is 0.265 e. The number of aryl methyl sites for hydroxylation is 2. The SMILES string of the molecule is NNC(=O)c1cc[n+](CCCn2ccnc2CN=O)cc1. The fourth-order valence-electron chi connectivity index (χ4n) is 2.02. The first-order chi connectivity index (χ1) is 10.2. The van der Waals surface area contributed by atoms with Gasteiger partial charge in [0.2, 0.25) is 0 Å². The Kier molecular flexibility index (Phi) is 5.10. The second-order valence-electron chi connectivity index (χ2n) is 4.48. The Bertz CT molecular complexity index is 607. The molecule has 0 aromatic carbocycles. The minimum absolute atomic E-state index is 0.0863. The standard InChI is InChI=1S/C13H16N6O2/c14-17-13(20)11-2-7-18(8-3-11)5-1-6-19-9-4-15-12(19)10-16-21/h2-4,7-9,14,20H,1,5-6,10H2/p+1. The number of nitrogens with zero attached hydrogens (tertiary/aromatic N) is 4. The minimum atomic E-state index is -0.313. The van der Waals surface area contributed by atoms with Crippen molar-refractivity contribution in [3.63, 3.8) is 0 Å². The number of rotatable bonds is 7. The van der Waals surface area contributed by atoms with E-state index in [0.29, 0.717) is 11.4 Å². The van der Waals surface area contributed by atoms with Crippen LogP contribution in [-0.4, -0.2) is 15.5 Å². The third kappa shape index (κ3) is 3.93. The molecule has 2 aromatic rings. The summed E-state index contributed by atoms with van der Waals surface area (Å²) < 4.78 is 3.89. The van der Waals surface area contributed by atoms with E-state index in [-0.39, 0.29) is 12.5 Å². The average molecular weight is 289 g/mol. The number of hydrogen-bond acceptors (Lipinski definition) is 5. The number of aromatic nitrogens is 3. The average Bonchev–Trinajstić information content (AvgIpc) is 2.95. The van der Waals surface area contributed by atoms with Crippen molar-refractivity contribution in [3.8, 4) is 0 Å². The monoisotopic (exact) mass is 289 g/mol. The molecular weight excluding hydrogens is 272 g/mol. The number of amides is 1. The second kappa shape index (κ2) is 7.25. The number of hydrogen-bond donors (Lipinski definition) is 2. The molecule has 0 bridgehead atoms. The summed E-state index contributed by atoms with van der Waals surface area (Å²) in [6.45, 7) is 1.63. The summed E-state index contributed by atoms with van der Waals surface area (Å²) in [5.74, 6) is 5.43. The highest BCUT2D eigenvalue weighted by Gasteiger charge is 2.07. The molecule has 0 saturated heterocycles. The van der Waals surface area contributed by atoms with Crippen LogP contribution in [0.5, 0.6) is 0 Å². The number of nitroso groups, excluding NO2 is 1. The van der Waals surface area contributed by atoms with Gasteiger partial charge in [0, 0.05) is 37.5 Å². The third-order valence-corrected chi connectivity index (χ3v) is 3.11. The van der Waals surface area contributed by atoms with Gasteiger partial charge in [0.25, 0.3) is 5.91 Å². The maximum atomic E-state index is 11.3. The summed E-state index contributed by atoms with van der Waals surface area (Å²) in [6, 6.07) is 3.42. The van der Waals surface area contributed by atoms with Crippen molar-refractivity contribution in [1.29, 1.82) is 0 Å². The highest BCUT2D eigenvalue weighted by molar-refractivity contribution is 5.93. The van der Waals surface area contributed by atoms with Crippen LogP contribution in [0, 0.1) is 4.91 Å². The molecule has 8 heteroatoms. The normalized spacial score (nSPS) is 10.3. The van der Waals surface area contributed by atoms with Crippen LogP contribution in [0.1, 0.15) is 22.6 Å². The van der Waals surface area contributed by atoms with Crippen molar-refractivity contribution in [1.82, 2.24) is 15.0 Å². The number of carbonyl (C=O) groups excluding carboxylic acids is 1. The Morgan fingerprint density at radius 1 is 1.43 bits per heavy atom. The van der Waals surface area contributed by atoms with E-state index in [9.17, 15) is 9.70 Å². The summed E-state index contributed by atoms with van der Waals surface area (Å²) >= 11 is 0. The highest BCUT2D eigenvalue weighted by Crippen LogP contribution is 2.01. The third-order valence-electron chi connectivity index (χ3n) is 3.11. The van der Waals surface area contributed by atoms with Crippen molar-refractivity contribution < 1.29 is 9.36 Å². The van der Waals surface area contributed by atoms with Gasteiger partial charge in [-0.3, -0.25) is 10.2 Å². The largest absolute Gasteiger partial charge is 0.333 e. The van der Waals surface area contributed by atoms with E-state index in [1.165, 1.54) is 0 Å². The smallest absolute Gasteiger partial charge is 0.265 e. The van der Waals surface area contributed by atoms with Gasteiger partial charge in [0.05, 0.1) is 5.56 Å². The molecule has 0 aliphatic rings.